The lowest BCUT2D eigenvalue weighted by molar-refractivity contribution is -0.218. The lowest BCUT2D eigenvalue weighted by atomic mass is 10.1. The molecule has 0 rings (SSSR count). The van der Waals surface area contributed by atoms with Crippen LogP contribution in [0.15, 0.2) is 12.7 Å². The number of halogens is 7. The fourth-order valence-corrected chi connectivity index (χ4v) is 0.474. The van der Waals surface area contributed by atoms with E-state index in [9.17, 15) is 30.7 Å². The first kappa shape index (κ1) is 12.2. The monoisotopic (exact) mass is 210 g/mol. The van der Waals surface area contributed by atoms with Gasteiger partial charge in [0.25, 0.3) is 5.92 Å². The molecule has 0 aromatic rings. The van der Waals surface area contributed by atoms with Crippen molar-refractivity contribution in [2.24, 2.45) is 0 Å². The van der Waals surface area contributed by atoms with Crippen LogP contribution in [0.5, 0.6) is 0 Å². The van der Waals surface area contributed by atoms with Crippen molar-refractivity contribution >= 4 is 0 Å². The molecule has 2 atom stereocenters. The molecule has 0 N–H and O–H groups in total. The molecule has 0 aliphatic heterocycles. The summed E-state index contributed by atoms with van der Waals surface area (Å²) in [6.07, 6.45) is -14.2. The normalized spacial score (nSPS) is 18.1. The number of hydrogen-bond donors (Lipinski definition) is 0. The highest BCUT2D eigenvalue weighted by atomic mass is 19.4. The molecule has 7 heteroatoms. The van der Waals surface area contributed by atoms with Crippen molar-refractivity contribution in [3.05, 3.63) is 12.7 Å². The van der Waals surface area contributed by atoms with Crippen LogP contribution in [0.3, 0.4) is 0 Å². The molecule has 0 nitrogen and oxygen atoms in total. The molecule has 0 heterocycles. The smallest absolute Gasteiger partial charge is 0.237 e. The Hall–Kier alpha value is -0.750. The molecule has 0 aromatic heterocycles. The van der Waals surface area contributed by atoms with Crippen LogP contribution in [0.25, 0.3) is 0 Å². The van der Waals surface area contributed by atoms with Gasteiger partial charge >= 0.3 is 6.18 Å². The van der Waals surface area contributed by atoms with Gasteiger partial charge in [0.1, 0.15) is 0 Å². The van der Waals surface area contributed by atoms with Crippen LogP contribution in [0.4, 0.5) is 30.7 Å². The first-order valence-corrected chi connectivity index (χ1v) is 2.99. The summed E-state index contributed by atoms with van der Waals surface area (Å²) in [5.74, 6) is -4.52. The van der Waals surface area contributed by atoms with E-state index >= 15 is 0 Å². The van der Waals surface area contributed by atoms with E-state index in [4.69, 9.17) is 0 Å². The van der Waals surface area contributed by atoms with Gasteiger partial charge in [-0.05, 0) is 6.08 Å². The molecule has 78 valence electrons. The number of allylic oxidation sites excluding steroid dienone is 1. The Morgan fingerprint density at radius 1 is 0.923 bits per heavy atom. The molecule has 0 aliphatic rings. The molecule has 0 fully saturated rings. The average molecular weight is 210 g/mol. The Morgan fingerprint density at radius 2 is 1.31 bits per heavy atom. The third-order valence-electron chi connectivity index (χ3n) is 1.21. The van der Waals surface area contributed by atoms with Gasteiger partial charge < -0.3 is 0 Å². The fourth-order valence-electron chi connectivity index (χ4n) is 0.474. The van der Waals surface area contributed by atoms with Gasteiger partial charge in [-0.25, -0.2) is 8.78 Å². The molecule has 2 unspecified atom stereocenters. The Kier molecular flexibility index (Phi) is 3.34. The molecular formula is C6H5F7. The second kappa shape index (κ2) is 3.55. The van der Waals surface area contributed by atoms with Gasteiger partial charge in [0.2, 0.25) is 12.3 Å². The third-order valence-corrected chi connectivity index (χ3v) is 1.21. The van der Waals surface area contributed by atoms with E-state index in [-0.39, 0.29) is 6.08 Å². The van der Waals surface area contributed by atoms with Gasteiger partial charge in [-0.3, -0.25) is 0 Å². The van der Waals surface area contributed by atoms with Crippen molar-refractivity contribution < 1.29 is 30.7 Å². The fraction of sp³-hybridized carbons (Fsp3) is 0.667. The van der Waals surface area contributed by atoms with Gasteiger partial charge in [-0.2, -0.15) is 22.0 Å². The molecular weight excluding hydrogens is 205 g/mol. The topological polar surface area (TPSA) is 0 Å². The summed E-state index contributed by atoms with van der Waals surface area (Å²) < 4.78 is 82.5. The molecule has 0 aromatic carbocycles. The molecule has 0 radical (unpaired) electrons. The van der Waals surface area contributed by atoms with Crippen LogP contribution >= 0.6 is 0 Å². The lowest BCUT2D eigenvalue weighted by Crippen LogP contribution is -2.43. The SMILES string of the molecule is C=CC(F)(F)C(F)C(F)C(F)(F)F. The van der Waals surface area contributed by atoms with E-state index in [0.29, 0.717) is 0 Å². The van der Waals surface area contributed by atoms with E-state index in [1.165, 1.54) is 0 Å². The summed E-state index contributed by atoms with van der Waals surface area (Å²) in [5, 5.41) is 0. The predicted octanol–water partition coefficient (Wildman–Crippen LogP) is 3.05. The highest BCUT2D eigenvalue weighted by molar-refractivity contribution is 4.98. The summed E-state index contributed by atoms with van der Waals surface area (Å²) in [5.41, 5.74) is 0. The van der Waals surface area contributed by atoms with E-state index in [2.05, 4.69) is 6.58 Å². The maximum Gasteiger partial charge on any atom is 0.422 e. The highest BCUT2D eigenvalue weighted by Gasteiger charge is 2.54. The molecule has 0 amide bonds. The molecule has 0 saturated heterocycles. The van der Waals surface area contributed by atoms with Crippen LogP contribution in [-0.4, -0.2) is 24.4 Å². The predicted molar refractivity (Wildman–Crippen MR) is 31.0 cm³/mol. The van der Waals surface area contributed by atoms with E-state index in [0.717, 1.165) is 0 Å². The molecule has 0 bridgehead atoms. The van der Waals surface area contributed by atoms with Crippen molar-refractivity contribution in [2.75, 3.05) is 0 Å². The van der Waals surface area contributed by atoms with E-state index < -0.39 is 24.4 Å². The van der Waals surface area contributed by atoms with Crippen molar-refractivity contribution in [3.63, 3.8) is 0 Å². The number of alkyl halides is 7. The Balaban J connectivity index is 4.61. The second-order valence-electron chi connectivity index (χ2n) is 2.22. The third kappa shape index (κ3) is 2.89. The van der Waals surface area contributed by atoms with Gasteiger partial charge in [0.15, 0.2) is 0 Å². The quantitative estimate of drug-likeness (QED) is 0.496. The van der Waals surface area contributed by atoms with Gasteiger partial charge in [0.05, 0.1) is 0 Å². The molecule has 0 saturated carbocycles. The summed E-state index contributed by atoms with van der Waals surface area (Å²) in [7, 11) is 0. The summed E-state index contributed by atoms with van der Waals surface area (Å²) in [4.78, 5) is 0. The second-order valence-corrected chi connectivity index (χ2v) is 2.22. The van der Waals surface area contributed by atoms with Gasteiger partial charge in [-0.15, -0.1) is 0 Å². The lowest BCUT2D eigenvalue weighted by Gasteiger charge is -2.21. The largest absolute Gasteiger partial charge is 0.422 e. The van der Waals surface area contributed by atoms with Crippen molar-refractivity contribution in [3.8, 4) is 0 Å². The van der Waals surface area contributed by atoms with Crippen molar-refractivity contribution in [1.29, 1.82) is 0 Å². The Bertz CT molecular complexity index is 182. The first-order valence-electron chi connectivity index (χ1n) is 2.99. The number of hydrogen-bond acceptors (Lipinski definition) is 0. The first-order chi connectivity index (χ1) is 5.63. The van der Waals surface area contributed by atoms with Crippen LogP contribution in [0, 0.1) is 0 Å². The van der Waals surface area contributed by atoms with Crippen LogP contribution < -0.4 is 0 Å². The average Bonchev–Trinajstić information content (AvgIpc) is 2.00. The van der Waals surface area contributed by atoms with Crippen molar-refractivity contribution in [1.82, 2.24) is 0 Å². The van der Waals surface area contributed by atoms with E-state index in [1.807, 2.05) is 0 Å². The maximum absolute atomic E-state index is 12.2. The van der Waals surface area contributed by atoms with Crippen molar-refractivity contribution in [2.45, 2.75) is 24.4 Å². The number of rotatable bonds is 3. The standard InChI is InChI=1S/C6H5F7/c1-2-5(9,10)3(7)4(8)6(11,12)13/h2-4H,1H2. The molecule has 13 heavy (non-hydrogen) atoms. The zero-order valence-corrected chi connectivity index (χ0v) is 6.08. The highest BCUT2D eigenvalue weighted by Crippen LogP contribution is 2.34. The van der Waals surface area contributed by atoms with E-state index in [1.54, 1.807) is 0 Å². The maximum atomic E-state index is 12.2. The minimum Gasteiger partial charge on any atom is -0.237 e. The Morgan fingerprint density at radius 3 is 1.54 bits per heavy atom. The Labute approximate surface area is 69.0 Å². The van der Waals surface area contributed by atoms with Gasteiger partial charge in [0, 0.05) is 0 Å². The summed E-state index contributed by atoms with van der Waals surface area (Å²) >= 11 is 0. The zero-order chi connectivity index (χ0) is 10.9. The minimum atomic E-state index is -5.63. The summed E-state index contributed by atoms with van der Waals surface area (Å²) in [6, 6.07) is 0. The van der Waals surface area contributed by atoms with Crippen LogP contribution in [-0.2, 0) is 0 Å². The zero-order valence-electron chi connectivity index (χ0n) is 6.08. The van der Waals surface area contributed by atoms with Crippen LogP contribution in [0.2, 0.25) is 0 Å². The molecule has 0 aliphatic carbocycles. The van der Waals surface area contributed by atoms with Gasteiger partial charge in [-0.1, -0.05) is 6.58 Å². The van der Waals surface area contributed by atoms with Crippen LogP contribution in [0.1, 0.15) is 0 Å². The summed E-state index contributed by atoms with van der Waals surface area (Å²) in [6.45, 7) is 2.39. The minimum absolute atomic E-state index is 0.365. The molecule has 0 spiro atoms.